The summed E-state index contributed by atoms with van der Waals surface area (Å²) in [7, 11) is 0. The minimum atomic E-state index is 0.683. The van der Waals surface area contributed by atoms with E-state index < -0.39 is 0 Å². The molecule has 4 nitrogen and oxygen atoms in total. The summed E-state index contributed by atoms with van der Waals surface area (Å²) in [6, 6.07) is 5.87. The van der Waals surface area contributed by atoms with Crippen LogP contribution in [0.25, 0.3) is 11.0 Å². The number of ether oxygens (including phenoxy) is 1. The molecule has 2 N–H and O–H groups in total. The van der Waals surface area contributed by atoms with Crippen molar-refractivity contribution in [3.63, 3.8) is 0 Å². The zero-order valence-corrected chi connectivity index (χ0v) is 12.7. The van der Waals surface area contributed by atoms with E-state index in [-0.39, 0.29) is 0 Å². The van der Waals surface area contributed by atoms with E-state index in [0.29, 0.717) is 6.54 Å². The van der Waals surface area contributed by atoms with Crippen LogP contribution in [0.3, 0.4) is 0 Å². The molecule has 0 saturated carbocycles. The summed E-state index contributed by atoms with van der Waals surface area (Å²) in [5, 5.41) is 0.724. The van der Waals surface area contributed by atoms with Crippen LogP contribution in [0.5, 0.6) is 0 Å². The molecule has 2 aromatic rings. The zero-order chi connectivity index (χ0) is 14.4. The first-order valence-electron chi connectivity index (χ1n) is 7.18. The molecular formula is C15H22ClN3O. The van der Waals surface area contributed by atoms with Crippen molar-refractivity contribution >= 4 is 22.6 Å². The summed E-state index contributed by atoms with van der Waals surface area (Å²) in [4.78, 5) is 4.69. The van der Waals surface area contributed by atoms with Gasteiger partial charge in [-0.3, -0.25) is 0 Å². The van der Waals surface area contributed by atoms with Gasteiger partial charge in [-0.25, -0.2) is 4.98 Å². The van der Waals surface area contributed by atoms with Crippen LogP contribution < -0.4 is 5.73 Å². The second-order valence-electron chi connectivity index (χ2n) is 4.76. The maximum Gasteiger partial charge on any atom is 0.109 e. The van der Waals surface area contributed by atoms with E-state index >= 15 is 0 Å². The number of hydrogen-bond acceptors (Lipinski definition) is 3. The fourth-order valence-electron chi connectivity index (χ4n) is 2.32. The summed E-state index contributed by atoms with van der Waals surface area (Å²) in [5.41, 5.74) is 7.70. The van der Waals surface area contributed by atoms with E-state index in [1.807, 2.05) is 25.1 Å². The van der Waals surface area contributed by atoms with Crippen molar-refractivity contribution in [3.8, 4) is 0 Å². The lowest BCUT2D eigenvalue weighted by Crippen LogP contribution is -2.09. The Labute approximate surface area is 124 Å². The van der Waals surface area contributed by atoms with Crippen LogP contribution in [0.1, 0.15) is 25.6 Å². The number of hydrogen-bond donors (Lipinski definition) is 1. The lowest BCUT2D eigenvalue weighted by atomic mass is 10.3. The molecule has 1 heterocycles. The lowest BCUT2D eigenvalue weighted by Gasteiger charge is -2.09. The quantitative estimate of drug-likeness (QED) is 0.762. The molecule has 0 bridgehead atoms. The van der Waals surface area contributed by atoms with Gasteiger partial charge < -0.3 is 15.0 Å². The van der Waals surface area contributed by atoms with E-state index in [2.05, 4.69) is 4.57 Å². The van der Waals surface area contributed by atoms with Crippen LogP contribution >= 0.6 is 11.6 Å². The molecule has 1 aromatic carbocycles. The molecule has 0 aliphatic rings. The van der Waals surface area contributed by atoms with Crippen molar-refractivity contribution in [2.24, 2.45) is 5.73 Å². The SMILES string of the molecule is CCOCCCn1c(CCCN)nc2cc(Cl)ccc21. The van der Waals surface area contributed by atoms with Crippen molar-refractivity contribution in [1.29, 1.82) is 0 Å². The van der Waals surface area contributed by atoms with Gasteiger partial charge in [-0.1, -0.05) is 11.6 Å². The van der Waals surface area contributed by atoms with Crippen molar-refractivity contribution in [2.45, 2.75) is 32.7 Å². The highest BCUT2D eigenvalue weighted by atomic mass is 35.5. The number of aryl methyl sites for hydroxylation is 2. The molecule has 0 aliphatic carbocycles. The van der Waals surface area contributed by atoms with Gasteiger partial charge in [0, 0.05) is 31.2 Å². The molecule has 0 radical (unpaired) electrons. The van der Waals surface area contributed by atoms with Crippen LogP contribution in [0.4, 0.5) is 0 Å². The van der Waals surface area contributed by atoms with Crippen molar-refractivity contribution < 1.29 is 4.74 Å². The molecule has 0 amide bonds. The molecule has 5 heteroatoms. The third-order valence-corrected chi connectivity index (χ3v) is 3.50. The Morgan fingerprint density at radius 1 is 1.35 bits per heavy atom. The van der Waals surface area contributed by atoms with Gasteiger partial charge in [0.1, 0.15) is 5.82 Å². The second kappa shape index (κ2) is 7.62. The monoisotopic (exact) mass is 295 g/mol. The summed E-state index contributed by atoms with van der Waals surface area (Å²) in [6.07, 6.45) is 2.83. The Morgan fingerprint density at radius 2 is 2.20 bits per heavy atom. The number of imidazole rings is 1. The van der Waals surface area contributed by atoms with Gasteiger partial charge in [-0.05, 0) is 44.5 Å². The highest BCUT2D eigenvalue weighted by molar-refractivity contribution is 6.31. The fraction of sp³-hybridized carbons (Fsp3) is 0.533. The molecule has 0 atom stereocenters. The standard InChI is InChI=1S/C15H22ClN3O/c1-2-20-10-4-9-19-14-7-6-12(16)11-13(14)18-15(19)5-3-8-17/h6-7,11H,2-5,8-10,17H2,1H3. The molecule has 20 heavy (non-hydrogen) atoms. The van der Waals surface area contributed by atoms with Crippen LogP contribution in [0, 0.1) is 0 Å². The maximum absolute atomic E-state index is 6.04. The topological polar surface area (TPSA) is 53.1 Å². The van der Waals surface area contributed by atoms with Crippen LogP contribution in [-0.2, 0) is 17.7 Å². The Hall–Kier alpha value is -1.10. The summed E-state index contributed by atoms with van der Waals surface area (Å²) >= 11 is 6.04. The van der Waals surface area contributed by atoms with Crippen LogP contribution in [0.15, 0.2) is 18.2 Å². The number of nitrogens with zero attached hydrogens (tertiary/aromatic N) is 2. The summed E-state index contributed by atoms with van der Waals surface area (Å²) < 4.78 is 7.67. The first kappa shape index (κ1) is 15.3. The number of fused-ring (bicyclic) bond motifs is 1. The van der Waals surface area contributed by atoms with E-state index in [1.54, 1.807) is 0 Å². The first-order valence-corrected chi connectivity index (χ1v) is 7.56. The van der Waals surface area contributed by atoms with Crippen LogP contribution in [-0.4, -0.2) is 29.3 Å². The average Bonchev–Trinajstić information content (AvgIpc) is 2.78. The highest BCUT2D eigenvalue weighted by Crippen LogP contribution is 2.21. The molecule has 110 valence electrons. The van der Waals surface area contributed by atoms with Gasteiger partial charge >= 0.3 is 0 Å². The van der Waals surface area contributed by atoms with Gasteiger partial charge in [0.05, 0.1) is 11.0 Å². The van der Waals surface area contributed by atoms with E-state index in [9.17, 15) is 0 Å². The lowest BCUT2D eigenvalue weighted by molar-refractivity contribution is 0.141. The maximum atomic E-state index is 6.04. The molecule has 2 rings (SSSR count). The number of halogens is 1. The van der Waals surface area contributed by atoms with Gasteiger partial charge in [-0.15, -0.1) is 0 Å². The molecule has 0 spiro atoms. The minimum absolute atomic E-state index is 0.683. The highest BCUT2D eigenvalue weighted by Gasteiger charge is 2.10. The minimum Gasteiger partial charge on any atom is -0.382 e. The predicted molar refractivity (Wildman–Crippen MR) is 83.2 cm³/mol. The Balaban J connectivity index is 2.22. The van der Waals surface area contributed by atoms with E-state index in [4.69, 9.17) is 27.1 Å². The number of aromatic nitrogens is 2. The first-order chi connectivity index (χ1) is 9.76. The second-order valence-corrected chi connectivity index (χ2v) is 5.19. The molecule has 0 saturated heterocycles. The Kier molecular flexibility index (Phi) is 5.83. The average molecular weight is 296 g/mol. The predicted octanol–water partition coefficient (Wildman–Crippen LogP) is 3.01. The zero-order valence-electron chi connectivity index (χ0n) is 11.9. The van der Waals surface area contributed by atoms with E-state index in [0.717, 1.165) is 60.9 Å². The smallest absolute Gasteiger partial charge is 0.109 e. The number of nitrogens with two attached hydrogens (primary N) is 1. The van der Waals surface area contributed by atoms with E-state index in [1.165, 1.54) is 0 Å². The molecule has 1 aromatic heterocycles. The van der Waals surface area contributed by atoms with Gasteiger partial charge in [-0.2, -0.15) is 0 Å². The molecule has 0 fully saturated rings. The molecule has 0 aliphatic heterocycles. The normalized spacial score (nSPS) is 11.3. The van der Waals surface area contributed by atoms with Crippen molar-refractivity contribution in [2.75, 3.05) is 19.8 Å². The largest absolute Gasteiger partial charge is 0.382 e. The Bertz CT molecular complexity index is 553. The van der Waals surface area contributed by atoms with Crippen LogP contribution in [0.2, 0.25) is 5.02 Å². The number of rotatable bonds is 8. The summed E-state index contributed by atoms with van der Waals surface area (Å²) in [6.45, 7) is 5.16. The third kappa shape index (κ3) is 3.72. The number of benzene rings is 1. The summed E-state index contributed by atoms with van der Waals surface area (Å²) in [5.74, 6) is 1.09. The molecule has 0 unspecified atom stereocenters. The van der Waals surface area contributed by atoms with Crippen molar-refractivity contribution in [3.05, 3.63) is 29.0 Å². The third-order valence-electron chi connectivity index (χ3n) is 3.27. The fourth-order valence-corrected chi connectivity index (χ4v) is 2.49. The molecular weight excluding hydrogens is 274 g/mol. The van der Waals surface area contributed by atoms with Crippen molar-refractivity contribution in [1.82, 2.24) is 9.55 Å². The van der Waals surface area contributed by atoms with Gasteiger partial charge in [0.15, 0.2) is 0 Å². The van der Waals surface area contributed by atoms with Gasteiger partial charge in [0.2, 0.25) is 0 Å². The van der Waals surface area contributed by atoms with Gasteiger partial charge in [0.25, 0.3) is 0 Å². The Morgan fingerprint density at radius 3 is 2.95 bits per heavy atom.